The molecule has 1 N–H and O–H groups in total. The number of benzene rings is 2. The largest absolute Gasteiger partial charge is 0.486 e. The van der Waals surface area contributed by atoms with Crippen LogP contribution in [-0.4, -0.2) is 17.8 Å². The van der Waals surface area contributed by atoms with Crippen LogP contribution in [0.1, 0.15) is 11.7 Å². The van der Waals surface area contributed by atoms with Gasteiger partial charge in [0.05, 0.1) is 0 Å². The molecule has 1 heterocycles. The molecule has 1 aliphatic heterocycles. The molecule has 3 rings (SSSR count). The molecule has 104 valence electrons. The Morgan fingerprint density at radius 2 is 1.70 bits per heavy atom. The molecular weight excluding hydrogens is 266 g/mol. The summed E-state index contributed by atoms with van der Waals surface area (Å²) in [6, 6.07) is 9.96. The highest BCUT2D eigenvalue weighted by Crippen LogP contribution is 2.34. The number of hydrogen-bond acceptors (Lipinski definition) is 3. The highest BCUT2D eigenvalue weighted by atomic mass is 19.1. The lowest BCUT2D eigenvalue weighted by atomic mass is 10.0. The third-order valence-electron chi connectivity index (χ3n) is 3.11. The van der Waals surface area contributed by atoms with E-state index in [1.165, 1.54) is 0 Å². The van der Waals surface area contributed by atoms with Gasteiger partial charge in [-0.2, -0.15) is 0 Å². The molecule has 2 aromatic rings. The van der Waals surface area contributed by atoms with Gasteiger partial charge in [0.15, 0.2) is 17.6 Å². The normalized spacial score (nSPS) is 18.6. The van der Waals surface area contributed by atoms with Gasteiger partial charge >= 0.3 is 0 Å². The Hall–Kier alpha value is -2.14. The van der Waals surface area contributed by atoms with Crippen molar-refractivity contribution in [2.24, 2.45) is 0 Å². The molecule has 0 saturated heterocycles. The van der Waals surface area contributed by atoms with Crippen LogP contribution in [0.2, 0.25) is 0 Å². The van der Waals surface area contributed by atoms with Gasteiger partial charge in [-0.1, -0.05) is 12.1 Å². The molecule has 2 aromatic carbocycles. The Bertz CT molecular complexity index is 610. The van der Waals surface area contributed by atoms with Crippen LogP contribution in [0, 0.1) is 11.6 Å². The molecule has 0 amide bonds. The van der Waals surface area contributed by atoms with E-state index < -0.39 is 23.8 Å². The maximum absolute atomic E-state index is 13.2. The zero-order chi connectivity index (χ0) is 14.1. The van der Waals surface area contributed by atoms with E-state index in [1.54, 1.807) is 24.3 Å². The molecule has 0 fully saturated rings. The van der Waals surface area contributed by atoms with Crippen molar-refractivity contribution in [3.63, 3.8) is 0 Å². The van der Waals surface area contributed by atoms with Gasteiger partial charge in [-0.3, -0.25) is 0 Å². The third-order valence-corrected chi connectivity index (χ3v) is 3.11. The van der Waals surface area contributed by atoms with E-state index in [-0.39, 0.29) is 12.2 Å². The van der Waals surface area contributed by atoms with Gasteiger partial charge in [0, 0.05) is 6.07 Å². The van der Waals surface area contributed by atoms with Gasteiger partial charge in [-0.25, -0.2) is 8.78 Å². The van der Waals surface area contributed by atoms with Gasteiger partial charge in [0.1, 0.15) is 24.3 Å². The average molecular weight is 278 g/mol. The molecule has 2 unspecified atom stereocenters. The molecule has 0 radical (unpaired) electrons. The van der Waals surface area contributed by atoms with Crippen LogP contribution in [0.25, 0.3) is 0 Å². The summed E-state index contributed by atoms with van der Waals surface area (Å²) in [5.74, 6) is -0.395. The van der Waals surface area contributed by atoms with Crippen LogP contribution in [-0.2, 0) is 0 Å². The summed E-state index contributed by atoms with van der Waals surface area (Å²) in [5.41, 5.74) is 0.121. The predicted octanol–water partition coefficient (Wildman–Crippen LogP) is 2.84. The lowest BCUT2D eigenvalue weighted by Gasteiger charge is -2.29. The van der Waals surface area contributed by atoms with E-state index >= 15 is 0 Å². The molecule has 0 saturated carbocycles. The Labute approximate surface area is 114 Å². The zero-order valence-corrected chi connectivity index (χ0v) is 10.4. The second-order valence-electron chi connectivity index (χ2n) is 4.56. The number of aliphatic hydroxyl groups is 1. The van der Waals surface area contributed by atoms with Crippen LogP contribution in [0.15, 0.2) is 42.5 Å². The van der Waals surface area contributed by atoms with Crippen molar-refractivity contribution in [2.45, 2.75) is 12.2 Å². The standard InChI is InChI=1S/C15H12F2O3/c16-10-5-9(6-11(17)7-10)15(18)14-8-19-12-3-1-2-4-13(12)20-14/h1-7,14-15,18H,8H2. The summed E-state index contributed by atoms with van der Waals surface area (Å²) in [6.07, 6.45) is -1.89. The van der Waals surface area contributed by atoms with E-state index in [0.29, 0.717) is 11.5 Å². The Morgan fingerprint density at radius 1 is 1.05 bits per heavy atom. The minimum atomic E-state index is -1.17. The van der Waals surface area contributed by atoms with Crippen molar-refractivity contribution < 1.29 is 23.4 Å². The second kappa shape index (κ2) is 5.09. The maximum Gasteiger partial charge on any atom is 0.163 e. The number of aliphatic hydroxyl groups excluding tert-OH is 1. The number of ether oxygens (including phenoxy) is 2. The lowest BCUT2D eigenvalue weighted by molar-refractivity contribution is -0.0115. The van der Waals surface area contributed by atoms with Crippen molar-refractivity contribution in [1.82, 2.24) is 0 Å². The van der Waals surface area contributed by atoms with Crippen LogP contribution in [0.5, 0.6) is 11.5 Å². The smallest absolute Gasteiger partial charge is 0.163 e. The third kappa shape index (κ3) is 2.44. The summed E-state index contributed by atoms with van der Waals surface area (Å²) in [7, 11) is 0. The van der Waals surface area contributed by atoms with E-state index in [4.69, 9.17) is 9.47 Å². The summed E-state index contributed by atoms with van der Waals surface area (Å²) >= 11 is 0. The van der Waals surface area contributed by atoms with Gasteiger partial charge in [0.2, 0.25) is 0 Å². The molecule has 0 bridgehead atoms. The number of hydrogen-bond donors (Lipinski definition) is 1. The van der Waals surface area contributed by atoms with Crippen molar-refractivity contribution in [1.29, 1.82) is 0 Å². The van der Waals surface area contributed by atoms with E-state index in [9.17, 15) is 13.9 Å². The molecule has 0 aliphatic carbocycles. The number of rotatable bonds is 2. The first-order valence-corrected chi connectivity index (χ1v) is 6.16. The Balaban J connectivity index is 1.83. The van der Waals surface area contributed by atoms with Crippen LogP contribution in [0.4, 0.5) is 8.78 Å². The highest BCUT2D eigenvalue weighted by molar-refractivity contribution is 5.41. The van der Waals surface area contributed by atoms with E-state index in [2.05, 4.69) is 0 Å². The highest BCUT2D eigenvalue weighted by Gasteiger charge is 2.29. The van der Waals surface area contributed by atoms with Crippen molar-refractivity contribution in [3.05, 3.63) is 59.7 Å². The van der Waals surface area contributed by atoms with Gasteiger partial charge in [-0.15, -0.1) is 0 Å². The summed E-state index contributed by atoms with van der Waals surface area (Å²) in [6.45, 7) is 0.107. The first-order chi connectivity index (χ1) is 9.63. The molecule has 1 aliphatic rings. The molecule has 0 aromatic heterocycles. The molecule has 2 atom stereocenters. The van der Waals surface area contributed by atoms with E-state index in [0.717, 1.165) is 18.2 Å². The summed E-state index contributed by atoms with van der Waals surface area (Å²) in [5, 5.41) is 10.2. The van der Waals surface area contributed by atoms with Crippen molar-refractivity contribution in [2.75, 3.05) is 6.61 Å². The number of fused-ring (bicyclic) bond motifs is 1. The Morgan fingerprint density at radius 3 is 2.40 bits per heavy atom. The first kappa shape index (κ1) is 12.9. The van der Waals surface area contributed by atoms with Crippen molar-refractivity contribution in [3.8, 4) is 11.5 Å². The average Bonchev–Trinajstić information content (AvgIpc) is 2.45. The first-order valence-electron chi connectivity index (χ1n) is 6.16. The second-order valence-corrected chi connectivity index (χ2v) is 4.56. The van der Waals surface area contributed by atoms with Crippen LogP contribution >= 0.6 is 0 Å². The lowest BCUT2D eigenvalue weighted by Crippen LogP contribution is -2.34. The fourth-order valence-electron chi connectivity index (χ4n) is 2.15. The van der Waals surface area contributed by atoms with Crippen LogP contribution in [0.3, 0.4) is 0 Å². The fourth-order valence-corrected chi connectivity index (χ4v) is 2.15. The van der Waals surface area contributed by atoms with Gasteiger partial charge in [0.25, 0.3) is 0 Å². The van der Waals surface area contributed by atoms with Gasteiger partial charge < -0.3 is 14.6 Å². The number of para-hydroxylation sites is 2. The topological polar surface area (TPSA) is 38.7 Å². The molecule has 0 spiro atoms. The van der Waals surface area contributed by atoms with Crippen LogP contribution < -0.4 is 9.47 Å². The SMILES string of the molecule is OC(c1cc(F)cc(F)c1)C1COc2ccccc2O1. The number of halogens is 2. The van der Waals surface area contributed by atoms with Crippen molar-refractivity contribution >= 4 is 0 Å². The Kier molecular flexibility index (Phi) is 3.28. The molecule has 3 nitrogen and oxygen atoms in total. The quantitative estimate of drug-likeness (QED) is 0.918. The molecular formula is C15H12F2O3. The molecule has 5 heteroatoms. The maximum atomic E-state index is 13.2. The fraction of sp³-hybridized carbons (Fsp3) is 0.200. The minimum Gasteiger partial charge on any atom is -0.486 e. The monoisotopic (exact) mass is 278 g/mol. The zero-order valence-electron chi connectivity index (χ0n) is 10.4. The summed E-state index contributed by atoms with van der Waals surface area (Å²) in [4.78, 5) is 0. The minimum absolute atomic E-state index is 0.107. The predicted molar refractivity (Wildman–Crippen MR) is 67.7 cm³/mol. The van der Waals surface area contributed by atoms with E-state index in [1.807, 2.05) is 0 Å². The van der Waals surface area contributed by atoms with Gasteiger partial charge in [-0.05, 0) is 29.8 Å². The summed E-state index contributed by atoms with van der Waals surface area (Å²) < 4.78 is 37.4. The molecule has 20 heavy (non-hydrogen) atoms.